The zero-order valence-corrected chi connectivity index (χ0v) is 15.3. The minimum atomic E-state index is -0.548. The Bertz CT molecular complexity index is 637. The summed E-state index contributed by atoms with van der Waals surface area (Å²) >= 11 is 3.37. The Balaban J connectivity index is 1.92. The first kappa shape index (κ1) is 17.5. The molecule has 2 atom stereocenters. The highest BCUT2D eigenvalue weighted by atomic mass is 79.9. The van der Waals surface area contributed by atoms with Gasteiger partial charge in [-0.3, -0.25) is 4.79 Å². The largest absolute Gasteiger partial charge is 0.481 e. The van der Waals surface area contributed by atoms with E-state index in [1.165, 1.54) is 5.56 Å². The molecule has 4 heteroatoms. The molecule has 0 aromatic heterocycles. The van der Waals surface area contributed by atoms with Crippen molar-refractivity contribution >= 4 is 21.8 Å². The van der Waals surface area contributed by atoms with Crippen molar-refractivity contribution < 1.29 is 9.53 Å². The number of ether oxygens (including phenoxy) is 1. The second-order valence-corrected chi connectivity index (χ2v) is 6.46. The lowest BCUT2D eigenvalue weighted by Crippen LogP contribution is -2.37. The summed E-state index contributed by atoms with van der Waals surface area (Å²) in [5.41, 5.74) is 2.38. The number of nitrogens with one attached hydrogen (secondary N) is 1. The lowest BCUT2D eigenvalue weighted by atomic mass is 10.0. The van der Waals surface area contributed by atoms with E-state index in [4.69, 9.17) is 4.74 Å². The number of amides is 1. The fraction of sp³-hybridized carbons (Fsp3) is 0.316. The molecule has 2 aromatic rings. The summed E-state index contributed by atoms with van der Waals surface area (Å²) in [6.45, 7) is 5.86. The van der Waals surface area contributed by atoms with Gasteiger partial charge in [0, 0.05) is 4.47 Å². The first-order chi connectivity index (χ1) is 11.0. The van der Waals surface area contributed by atoms with Crippen molar-refractivity contribution in [1.29, 1.82) is 0 Å². The van der Waals surface area contributed by atoms with Crippen LogP contribution in [0.1, 0.15) is 37.9 Å². The van der Waals surface area contributed by atoms with Crippen molar-refractivity contribution in [3.63, 3.8) is 0 Å². The van der Waals surface area contributed by atoms with Crippen LogP contribution in [-0.2, 0) is 11.2 Å². The van der Waals surface area contributed by atoms with Crippen LogP contribution in [-0.4, -0.2) is 12.0 Å². The predicted molar refractivity (Wildman–Crippen MR) is 96.6 cm³/mol. The average Bonchev–Trinajstić information content (AvgIpc) is 2.56. The molecule has 122 valence electrons. The second kappa shape index (κ2) is 8.16. The van der Waals surface area contributed by atoms with Gasteiger partial charge in [-0.25, -0.2) is 0 Å². The lowest BCUT2D eigenvalue weighted by molar-refractivity contribution is -0.127. The quantitative estimate of drug-likeness (QED) is 0.797. The molecular formula is C19H22BrNO2. The first-order valence-corrected chi connectivity index (χ1v) is 8.60. The third-order valence-corrected chi connectivity index (χ3v) is 4.27. The minimum Gasteiger partial charge on any atom is -0.481 e. The predicted octanol–water partition coefficient (Wildman–Crippen LogP) is 4.66. The Hall–Kier alpha value is -1.81. The average molecular weight is 376 g/mol. The van der Waals surface area contributed by atoms with E-state index in [1.54, 1.807) is 6.92 Å². The van der Waals surface area contributed by atoms with Gasteiger partial charge in [0.25, 0.3) is 5.91 Å². The molecule has 0 bridgehead atoms. The molecule has 0 radical (unpaired) electrons. The van der Waals surface area contributed by atoms with Crippen molar-refractivity contribution in [1.82, 2.24) is 5.32 Å². The molecule has 2 rings (SSSR count). The molecule has 0 saturated carbocycles. The summed E-state index contributed by atoms with van der Waals surface area (Å²) in [5, 5.41) is 2.99. The number of rotatable bonds is 6. The van der Waals surface area contributed by atoms with E-state index in [0.717, 1.165) is 16.5 Å². The highest BCUT2D eigenvalue weighted by Crippen LogP contribution is 2.18. The maximum Gasteiger partial charge on any atom is 0.261 e. The number of carbonyl (C=O) groups is 1. The number of aryl methyl sites for hydroxylation is 1. The van der Waals surface area contributed by atoms with Crippen LogP contribution in [0.3, 0.4) is 0 Å². The topological polar surface area (TPSA) is 38.3 Å². The van der Waals surface area contributed by atoms with E-state index < -0.39 is 6.10 Å². The Kier molecular flexibility index (Phi) is 6.22. The molecule has 0 spiro atoms. The van der Waals surface area contributed by atoms with Gasteiger partial charge < -0.3 is 10.1 Å². The molecule has 2 aromatic carbocycles. The maximum atomic E-state index is 12.3. The van der Waals surface area contributed by atoms with Crippen molar-refractivity contribution in [2.75, 3.05) is 0 Å². The molecule has 0 unspecified atom stereocenters. The van der Waals surface area contributed by atoms with E-state index in [2.05, 4.69) is 52.4 Å². The molecule has 23 heavy (non-hydrogen) atoms. The lowest BCUT2D eigenvalue weighted by Gasteiger charge is -2.19. The molecule has 0 heterocycles. The Morgan fingerprint density at radius 3 is 2.26 bits per heavy atom. The van der Waals surface area contributed by atoms with Crippen molar-refractivity contribution in [2.24, 2.45) is 0 Å². The Labute approximate surface area is 146 Å². The van der Waals surface area contributed by atoms with E-state index >= 15 is 0 Å². The number of halogens is 1. The molecule has 0 aliphatic rings. The third kappa shape index (κ3) is 5.10. The van der Waals surface area contributed by atoms with Gasteiger partial charge in [0.2, 0.25) is 0 Å². The summed E-state index contributed by atoms with van der Waals surface area (Å²) in [6, 6.07) is 15.7. The highest BCUT2D eigenvalue weighted by Gasteiger charge is 2.17. The minimum absolute atomic E-state index is 0.0515. The SMILES string of the molecule is CCc1ccc([C@H](C)NC(=O)[C@@H](C)Oc2ccc(Br)cc2)cc1. The highest BCUT2D eigenvalue weighted by molar-refractivity contribution is 9.10. The van der Waals surface area contributed by atoms with Gasteiger partial charge in [-0.15, -0.1) is 0 Å². The van der Waals surface area contributed by atoms with Crippen molar-refractivity contribution in [2.45, 2.75) is 39.3 Å². The second-order valence-electron chi connectivity index (χ2n) is 5.54. The third-order valence-electron chi connectivity index (χ3n) is 3.74. The first-order valence-electron chi connectivity index (χ1n) is 7.81. The zero-order valence-electron chi connectivity index (χ0n) is 13.7. The van der Waals surface area contributed by atoms with Gasteiger partial charge in [-0.1, -0.05) is 47.1 Å². The molecule has 0 aliphatic heterocycles. The van der Waals surface area contributed by atoms with Crippen LogP contribution in [0.2, 0.25) is 0 Å². The van der Waals surface area contributed by atoms with Gasteiger partial charge in [-0.05, 0) is 55.7 Å². The maximum absolute atomic E-state index is 12.3. The molecule has 0 fully saturated rings. The van der Waals surface area contributed by atoms with Gasteiger partial charge in [0.1, 0.15) is 5.75 Å². The molecule has 0 saturated heterocycles. The van der Waals surface area contributed by atoms with Crippen LogP contribution in [0.25, 0.3) is 0 Å². The van der Waals surface area contributed by atoms with E-state index in [1.807, 2.05) is 31.2 Å². The summed E-state index contributed by atoms with van der Waals surface area (Å²) in [5.74, 6) is 0.552. The summed E-state index contributed by atoms with van der Waals surface area (Å²) in [6.07, 6.45) is 0.465. The van der Waals surface area contributed by atoms with Crippen molar-refractivity contribution in [3.8, 4) is 5.75 Å². The number of hydrogen-bond acceptors (Lipinski definition) is 2. The zero-order chi connectivity index (χ0) is 16.8. The Morgan fingerprint density at radius 2 is 1.70 bits per heavy atom. The molecule has 1 N–H and O–H groups in total. The Morgan fingerprint density at radius 1 is 1.09 bits per heavy atom. The van der Waals surface area contributed by atoms with E-state index in [0.29, 0.717) is 5.75 Å². The van der Waals surface area contributed by atoms with Crippen molar-refractivity contribution in [3.05, 3.63) is 64.1 Å². The normalized spacial score (nSPS) is 13.2. The van der Waals surface area contributed by atoms with Gasteiger partial charge in [-0.2, -0.15) is 0 Å². The van der Waals surface area contributed by atoms with E-state index in [9.17, 15) is 4.79 Å². The van der Waals surface area contributed by atoms with Gasteiger partial charge in [0.15, 0.2) is 6.10 Å². The van der Waals surface area contributed by atoms with Crippen LogP contribution >= 0.6 is 15.9 Å². The fourth-order valence-corrected chi connectivity index (χ4v) is 2.49. The van der Waals surface area contributed by atoms with Crippen LogP contribution in [0.4, 0.5) is 0 Å². The summed E-state index contributed by atoms with van der Waals surface area (Å²) in [4.78, 5) is 12.3. The van der Waals surface area contributed by atoms with Gasteiger partial charge >= 0.3 is 0 Å². The molecular weight excluding hydrogens is 354 g/mol. The number of hydrogen-bond donors (Lipinski definition) is 1. The smallest absolute Gasteiger partial charge is 0.261 e. The van der Waals surface area contributed by atoms with Crippen LogP contribution < -0.4 is 10.1 Å². The molecule has 3 nitrogen and oxygen atoms in total. The van der Waals surface area contributed by atoms with Crippen LogP contribution in [0.15, 0.2) is 53.0 Å². The number of benzene rings is 2. The summed E-state index contributed by atoms with van der Waals surface area (Å²) in [7, 11) is 0. The van der Waals surface area contributed by atoms with Gasteiger partial charge in [0.05, 0.1) is 6.04 Å². The van der Waals surface area contributed by atoms with Crippen LogP contribution in [0, 0.1) is 0 Å². The fourth-order valence-electron chi connectivity index (χ4n) is 2.23. The monoisotopic (exact) mass is 375 g/mol. The van der Waals surface area contributed by atoms with E-state index in [-0.39, 0.29) is 11.9 Å². The number of carbonyl (C=O) groups excluding carboxylic acids is 1. The van der Waals surface area contributed by atoms with Crippen LogP contribution in [0.5, 0.6) is 5.75 Å². The molecule has 1 amide bonds. The summed E-state index contributed by atoms with van der Waals surface area (Å²) < 4.78 is 6.65. The molecule has 0 aliphatic carbocycles. The standard InChI is InChI=1S/C19H22BrNO2/c1-4-15-5-7-16(8-6-15)13(2)21-19(22)14(3)23-18-11-9-17(20)10-12-18/h5-14H,4H2,1-3H3,(H,21,22)/t13-,14+/m0/s1.